The third-order valence-electron chi connectivity index (χ3n) is 5.40. The van der Waals surface area contributed by atoms with Gasteiger partial charge in [-0.2, -0.15) is 0 Å². The molecule has 1 unspecified atom stereocenters. The van der Waals surface area contributed by atoms with Crippen LogP contribution in [0.4, 0.5) is 11.4 Å². The Bertz CT molecular complexity index is 1000. The molecule has 2 nitrogen and oxygen atoms in total. The van der Waals surface area contributed by atoms with Crippen molar-refractivity contribution in [1.29, 1.82) is 0 Å². The SMILES string of the molecule is CC(C)=C/C=C\CNc1ccc(C2=CCC(Nc3cccc(C)c3)C(C)=C2)cc1C. The van der Waals surface area contributed by atoms with E-state index >= 15 is 0 Å². The highest BCUT2D eigenvalue weighted by Gasteiger charge is 2.16. The number of aryl methyl sites for hydroxylation is 2. The first-order valence-electron chi connectivity index (χ1n) is 10.8. The van der Waals surface area contributed by atoms with Crippen molar-refractivity contribution in [2.24, 2.45) is 0 Å². The molecule has 0 aromatic heterocycles. The number of benzene rings is 2. The van der Waals surface area contributed by atoms with Crippen molar-refractivity contribution in [3.63, 3.8) is 0 Å². The van der Waals surface area contributed by atoms with Gasteiger partial charge in [0.05, 0.1) is 6.04 Å². The van der Waals surface area contributed by atoms with E-state index in [-0.39, 0.29) is 0 Å². The van der Waals surface area contributed by atoms with Gasteiger partial charge < -0.3 is 10.6 Å². The monoisotopic (exact) mass is 398 g/mol. The van der Waals surface area contributed by atoms with Gasteiger partial charge in [0, 0.05) is 17.9 Å². The Balaban J connectivity index is 1.64. The molecule has 0 heterocycles. The Kier molecular flexibility index (Phi) is 7.35. The Morgan fingerprint density at radius 3 is 2.60 bits per heavy atom. The van der Waals surface area contributed by atoms with Gasteiger partial charge in [0.2, 0.25) is 0 Å². The van der Waals surface area contributed by atoms with Crippen molar-refractivity contribution in [1.82, 2.24) is 0 Å². The number of nitrogens with one attached hydrogen (secondary N) is 2. The summed E-state index contributed by atoms with van der Waals surface area (Å²) in [5.74, 6) is 0. The van der Waals surface area contributed by atoms with Gasteiger partial charge in [-0.05, 0) is 87.6 Å². The Labute approximate surface area is 182 Å². The summed E-state index contributed by atoms with van der Waals surface area (Å²) in [5, 5.41) is 7.17. The quantitative estimate of drug-likeness (QED) is 0.473. The van der Waals surface area contributed by atoms with Crippen LogP contribution < -0.4 is 10.6 Å². The maximum atomic E-state index is 3.67. The predicted octanol–water partition coefficient (Wildman–Crippen LogP) is 7.45. The first-order chi connectivity index (χ1) is 14.4. The molecule has 1 aliphatic carbocycles. The van der Waals surface area contributed by atoms with E-state index in [1.165, 1.54) is 44.8 Å². The van der Waals surface area contributed by atoms with Gasteiger partial charge in [0.1, 0.15) is 0 Å². The average Bonchev–Trinajstić information content (AvgIpc) is 2.70. The summed E-state index contributed by atoms with van der Waals surface area (Å²) >= 11 is 0. The van der Waals surface area contributed by atoms with Crippen LogP contribution in [0.25, 0.3) is 5.57 Å². The standard InChI is InChI=1S/C28H34N2/c1-20(2)9-6-7-16-29-27-14-12-24(18-22(27)4)25-13-15-28(23(5)19-25)30-26-11-8-10-21(3)17-26/h6-14,17-19,28-30H,15-16H2,1-5H3/b7-6-. The lowest BCUT2D eigenvalue weighted by Gasteiger charge is -2.24. The lowest BCUT2D eigenvalue weighted by Crippen LogP contribution is -2.22. The van der Waals surface area contributed by atoms with Crippen LogP contribution in [0.5, 0.6) is 0 Å². The van der Waals surface area contributed by atoms with Crippen molar-refractivity contribution < 1.29 is 0 Å². The van der Waals surface area contributed by atoms with Gasteiger partial charge >= 0.3 is 0 Å². The third kappa shape index (κ3) is 6.00. The van der Waals surface area contributed by atoms with E-state index in [0.29, 0.717) is 6.04 Å². The summed E-state index contributed by atoms with van der Waals surface area (Å²) in [6.45, 7) is 11.6. The van der Waals surface area contributed by atoms with Crippen LogP contribution in [0.1, 0.15) is 43.9 Å². The smallest absolute Gasteiger partial charge is 0.0509 e. The molecule has 0 aliphatic heterocycles. The van der Waals surface area contributed by atoms with Crippen LogP contribution in [0.2, 0.25) is 0 Å². The first-order valence-corrected chi connectivity index (χ1v) is 10.8. The molecule has 2 aromatic carbocycles. The summed E-state index contributed by atoms with van der Waals surface area (Å²) < 4.78 is 0. The number of hydrogen-bond donors (Lipinski definition) is 2. The largest absolute Gasteiger partial charge is 0.381 e. The molecule has 0 amide bonds. The van der Waals surface area contributed by atoms with Crippen molar-refractivity contribution >= 4 is 16.9 Å². The fourth-order valence-corrected chi connectivity index (χ4v) is 3.68. The van der Waals surface area contributed by atoms with E-state index < -0.39 is 0 Å². The van der Waals surface area contributed by atoms with Crippen LogP contribution in [-0.4, -0.2) is 12.6 Å². The van der Waals surface area contributed by atoms with E-state index in [2.05, 4.69) is 118 Å². The molecule has 0 spiro atoms. The van der Waals surface area contributed by atoms with Gasteiger partial charge in [-0.3, -0.25) is 0 Å². The topological polar surface area (TPSA) is 24.1 Å². The lowest BCUT2D eigenvalue weighted by molar-refractivity contribution is 0.830. The minimum Gasteiger partial charge on any atom is -0.381 e. The zero-order valence-electron chi connectivity index (χ0n) is 18.9. The van der Waals surface area contributed by atoms with Crippen LogP contribution in [-0.2, 0) is 0 Å². The fourth-order valence-electron chi connectivity index (χ4n) is 3.68. The van der Waals surface area contributed by atoms with Crippen molar-refractivity contribution in [2.75, 3.05) is 17.2 Å². The van der Waals surface area contributed by atoms with Gasteiger partial charge in [0.15, 0.2) is 0 Å². The highest BCUT2D eigenvalue weighted by atomic mass is 14.9. The molecule has 30 heavy (non-hydrogen) atoms. The molecule has 2 heteroatoms. The van der Waals surface area contributed by atoms with Gasteiger partial charge in [-0.15, -0.1) is 0 Å². The van der Waals surface area contributed by atoms with Crippen LogP contribution in [0.15, 0.2) is 84.0 Å². The second kappa shape index (κ2) is 10.2. The van der Waals surface area contributed by atoms with Crippen molar-refractivity contribution in [2.45, 2.75) is 47.1 Å². The molecule has 156 valence electrons. The molecule has 2 aromatic rings. The molecule has 0 bridgehead atoms. The van der Waals surface area contributed by atoms with Gasteiger partial charge in [0.25, 0.3) is 0 Å². The third-order valence-corrected chi connectivity index (χ3v) is 5.40. The Morgan fingerprint density at radius 1 is 1.07 bits per heavy atom. The lowest BCUT2D eigenvalue weighted by atomic mass is 9.91. The molecule has 0 saturated heterocycles. The number of hydrogen-bond acceptors (Lipinski definition) is 2. The molecular weight excluding hydrogens is 364 g/mol. The van der Waals surface area contributed by atoms with E-state index in [4.69, 9.17) is 0 Å². The Hall–Kier alpha value is -3.00. The van der Waals surface area contributed by atoms with Crippen molar-refractivity contribution in [3.05, 3.63) is 101 Å². The normalized spacial score (nSPS) is 16.1. The first kappa shape index (κ1) is 21.7. The van der Waals surface area contributed by atoms with E-state index in [9.17, 15) is 0 Å². The van der Waals surface area contributed by atoms with E-state index in [1.807, 2.05) is 0 Å². The highest BCUT2D eigenvalue weighted by molar-refractivity contribution is 5.78. The summed E-state index contributed by atoms with van der Waals surface area (Å²) in [4.78, 5) is 0. The van der Waals surface area contributed by atoms with Crippen LogP contribution in [0, 0.1) is 13.8 Å². The predicted molar refractivity (Wildman–Crippen MR) is 133 cm³/mol. The molecule has 0 fully saturated rings. The molecule has 1 atom stereocenters. The average molecular weight is 399 g/mol. The second-order valence-corrected chi connectivity index (χ2v) is 8.43. The summed E-state index contributed by atoms with van der Waals surface area (Å²) in [7, 11) is 0. The number of rotatable bonds is 7. The molecule has 1 aliphatic rings. The fraction of sp³-hybridized carbons (Fsp3) is 0.286. The van der Waals surface area contributed by atoms with Crippen LogP contribution >= 0.6 is 0 Å². The molecular formula is C28H34N2. The van der Waals surface area contributed by atoms with E-state index in [1.54, 1.807) is 0 Å². The van der Waals surface area contributed by atoms with Crippen LogP contribution in [0.3, 0.4) is 0 Å². The Morgan fingerprint density at radius 2 is 1.90 bits per heavy atom. The van der Waals surface area contributed by atoms with E-state index in [0.717, 1.165) is 13.0 Å². The van der Waals surface area contributed by atoms with Gasteiger partial charge in [-0.25, -0.2) is 0 Å². The summed E-state index contributed by atoms with van der Waals surface area (Å²) in [6.07, 6.45) is 12.1. The highest BCUT2D eigenvalue weighted by Crippen LogP contribution is 2.29. The summed E-state index contributed by atoms with van der Waals surface area (Å²) in [5.41, 5.74) is 10.2. The zero-order chi connectivity index (χ0) is 21.5. The maximum absolute atomic E-state index is 3.67. The molecule has 3 rings (SSSR count). The number of allylic oxidation sites excluding steroid dienone is 5. The second-order valence-electron chi connectivity index (χ2n) is 8.43. The zero-order valence-corrected chi connectivity index (χ0v) is 18.9. The number of anilines is 2. The van der Waals surface area contributed by atoms with Gasteiger partial charge in [-0.1, -0.05) is 59.7 Å². The maximum Gasteiger partial charge on any atom is 0.0509 e. The molecule has 0 radical (unpaired) electrons. The molecule has 2 N–H and O–H groups in total. The van der Waals surface area contributed by atoms with Crippen molar-refractivity contribution in [3.8, 4) is 0 Å². The summed E-state index contributed by atoms with van der Waals surface area (Å²) in [6, 6.07) is 15.6. The molecule has 0 saturated carbocycles. The minimum absolute atomic E-state index is 0.352. The minimum atomic E-state index is 0.352.